The summed E-state index contributed by atoms with van der Waals surface area (Å²) < 4.78 is 11.6. The van der Waals surface area contributed by atoms with Crippen molar-refractivity contribution >= 4 is 5.97 Å². The van der Waals surface area contributed by atoms with Crippen molar-refractivity contribution < 1.29 is 14.3 Å². The van der Waals surface area contributed by atoms with Crippen LogP contribution in [-0.4, -0.2) is 18.7 Å². The lowest BCUT2D eigenvalue weighted by molar-refractivity contribution is -0.144. The van der Waals surface area contributed by atoms with Gasteiger partial charge in [0.1, 0.15) is 0 Å². The van der Waals surface area contributed by atoms with Gasteiger partial charge in [0, 0.05) is 12.8 Å². The number of carbonyl (C=O) groups is 1. The first kappa shape index (κ1) is 24.1. The molecule has 30 heavy (non-hydrogen) atoms. The van der Waals surface area contributed by atoms with E-state index in [2.05, 4.69) is 31.2 Å². The summed E-state index contributed by atoms with van der Waals surface area (Å²) in [6, 6.07) is 20.4. The molecule has 3 heteroatoms. The summed E-state index contributed by atoms with van der Waals surface area (Å²) in [6.45, 7) is 3.28. The molecule has 164 valence electrons. The van der Waals surface area contributed by atoms with Crippen LogP contribution in [0.5, 0.6) is 0 Å². The normalized spacial score (nSPS) is 11.9. The summed E-state index contributed by atoms with van der Waals surface area (Å²) in [7, 11) is 0. The Morgan fingerprint density at radius 1 is 0.800 bits per heavy atom. The van der Waals surface area contributed by atoms with Gasteiger partial charge in [-0.3, -0.25) is 4.79 Å². The Kier molecular flexibility index (Phi) is 12.6. The average molecular weight is 411 g/mol. The smallest absolute Gasteiger partial charge is 0.305 e. The van der Waals surface area contributed by atoms with Gasteiger partial charge in [-0.25, -0.2) is 0 Å². The molecule has 0 aliphatic heterocycles. The number of unbranched alkanes of at least 4 members (excludes halogenated alkanes) is 5. The fourth-order valence-electron chi connectivity index (χ4n) is 3.53. The standard InChI is InChI=1S/C27H38O3/c1-2-3-4-5-6-13-18-26(30-23-25-16-11-8-12-17-25)19-20-27(28)29-22-21-24-14-9-7-10-15-24/h7-12,14-17,26H,2-6,13,18-23H2,1H3. The largest absolute Gasteiger partial charge is 0.465 e. The van der Waals surface area contributed by atoms with Crippen molar-refractivity contribution in [3.05, 3.63) is 71.8 Å². The van der Waals surface area contributed by atoms with E-state index in [0.29, 0.717) is 19.6 Å². The fourth-order valence-corrected chi connectivity index (χ4v) is 3.53. The van der Waals surface area contributed by atoms with Crippen LogP contribution >= 0.6 is 0 Å². The molecule has 0 spiro atoms. The first-order valence-electron chi connectivity index (χ1n) is 11.6. The van der Waals surface area contributed by atoms with E-state index in [4.69, 9.17) is 9.47 Å². The molecule has 1 atom stereocenters. The van der Waals surface area contributed by atoms with E-state index in [0.717, 1.165) is 25.7 Å². The van der Waals surface area contributed by atoms with E-state index in [1.807, 2.05) is 36.4 Å². The van der Waals surface area contributed by atoms with Gasteiger partial charge in [-0.15, -0.1) is 0 Å². The SMILES string of the molecule is CCCCCCCCC(CCC(=O)OCCc1ccccc1)OCc1ccccc1. The zero-order chi connectivity index (χ0) is 21.3. The van der Waals surface area contributed by atoms with Gasteiger partial charge in [-0.05, 0) is 24.0 Å². The van der Waals surface area contributed by atoms with Crippen LogP contribution in [0.1, 0.15) is 75.8 Å². The molecule has 2 aromatic rings. The van der Waals surface area contributed by atoms with Crippen LogP contribution in [0.25, 0.3) is 0 Å². The van der Waals surface area contributed by atoms with Crippen molar-refractivity contribution in [1.82, 2.24) is 0 Å². The monoisotopic (exact) mass is 410 g/mol. The average Bonchev–Trinajstić information content (AvgIpc) is 2.79. The first-order chi connectivity index (χ1) is 14.8. The van der Waals surface area contributed by atoms with E-state index >= 15 is 0 Å². The second kappa shape index (κ2) is 15.7. The van der Waals surface area contributed by atoms with Gasteiger partial charge in [0.15, 0.2) is 0 Å². The molecule has 2 aromatic carbocycles. The molecule has 0 saturated heterocycles. The minimum absolute atomic E-state index is 0.109. The fraction of sp³-hybridized carbons (Fsp3) is 0.519. The molecule has 1 unspecified atom stereocenters. The van der Waals surface area contributed by atoms with Gasteiger partial charge < -0.3 is 9.47 Å². The van der Waals surface area contributed by atoms with E-state index in [1.54, 1.807) is 0 Å². The van der Waals surface area contributed by atoms with Gasteiger partial charge in [0.2, 0.25) is 0 Å². The van der Waals surface area contributed by atoms with Crippen molar-refractivity contribution in [2.45, 2.75) is 83.8 Å². The maximum absolute atomic E-state index is 12.2. The highest BCUT2D eigenvalue weighted by Gasteiger charge is 2.13. The summed E-state index contributed by atoms with van der Waals surface area (Å²) in [5.41, 5.74) is 2.37. The van der Waals surface area contributed by atoms with Crippen molar-refractivity contribution in [3.63, 3.8) is 0 Å². The molecule has 3 nitrogen and oxygen atoms in total. The van der Waals surface area contributed by atoms with Gasteiger partial charge in [-0.2, -0.15) is 0 Å². The molecule has 0 bridgehead atoms. The van der Waals surface area contributed by atoms with E-state index in [1.165, 1.54) is 43.2 Å². The summed E-state index contributed by atoms with van der Waals surface area (Å²) in [4.78, 5) is 12.2. The Bertz CT molecular complexity index is 669. The lowest BCUT2D eigenvalue weighted by Crippen LogP contribution is -2.16. The minimum Gasteiger partial charge on any atom is -0.465 e. The van der Waals surface area contributed by atoms with Crippen LogP contribution in [0, 0.1) is 0 Å². The third-order valence-electron chi connectivity index (χ3n) is 5.38. The van der Waals surface area contributed by atoms with Crippen molar-refractivity contribution in [3.8, 4) is 0 Å². The molecular weight excluding hydrogens is 372 g/mol. The Morgan fingerprint density at radius 3 is 2.13 bits per heavy atom. The predicted molar refractivity (Wildman–Crippen MR) is 123 cm³/mol. The highest BCUT2D eigenvalue weighted by Crippen LogP contribution is 2.16. The second-order valence-electron chi connectivity index (χ2n) is 7.97. The molecule has 0 heterocycles. The van der Waals surface area contributed by atoms with Gasteiger partial charge in [-0.1, -0.05) is 106 Å². The van der Waals surface area contributed by atoms with Crippen molar-refractivity contribution in [1.29, 1.82) is 0 Å². The Balaban J connectivity index is 1.69. The second-order valence-corrected chi connectivity index (χ2v) is 7.97. The molecule has 0 N–H and O–H groups in total. The number of esters is 1. The van der Waals surface area contributed by atoms with Gasteiger partial charge in [0.05, 0.1) is 19.3 Å². The quantitative estimate of drug-likeness (QED) is 0.223. The number of hydrogen-bond acceptors (Lipinski definition) is 3. The van der Waals surface area contributed by atoms with Crippen molar-refractivity contribution in [2.24, 2.45) is 0 Å². The van der Waals surface area contributed by atoms with E-state index in [9.17, 15) is 4.79 Å². The molecule has 0 fully saturated rings. The summed E-state index contributed by atoms with van der Waals surface area (Å²) in [5.74, 6) is -0.123. The maximum Gasteiger partial charge on any atom is 0.305 e. The molecule has 0 aromatic heterocycles. The minimum atomic E-state index is -0.123. The number of ether oxygens (including phenoxy) is 2. The molecule has 0 amide bonds. The Morgan fingerprint density at radius 2 is 1.43 bits per heavy atom. The third kappa shape index (κ3) is 11.2. The number of rotatable bonds is 16. The highest BCUT2D eigenvalue weighted by atomic mass is 16.5. The van der Waals surface area contributed by atoms with Crippen LogP contribution in [0.15, 0.2) is 60.7 Å². The number of carbonyl (C=O) groups excluding carboxylic acids is 1. The van der Waals surface area contributed by atoms with Crippen LogP contribution in [0.3, 0.4) is 0 Å². The first-order valence-corrected chi connectivity index (χ1v) is 11.6. The molecular formula is C27H38O3. The Labute approximate surface area is 182 Å². The van der Waals surface area contributed by atoms with E-state index in [-0.39, 0.29) is 12.1 Å². The molecule has 0 aliphatic carbocycles. The molecule has 0 radical (unpaired) electrons. The van der Waals surface area contributed by atoms with E-state index < -0.39 is 0 Å². The number of hydrogen-bond donors (Lipinski definition) is 0. The Hall–Kier alpha value is -2.13. The van der Waals surface area contributed by atoms with Crippen LogP contribution in [0.4, 0.5) is 0 Å². The number of benzene rings is 2. The lowest BCUT2D eigenvalue weighted by Gasteiger charge is -2.18. The molecule has 0 aliphatic rings. The van der Waals surface area contributed by atoms with Crippen LogP contribution < -0.4 is 0 Å². The molecule has 2 rings (SSSR count). The van der Waals surface area contributed by atoms with Crippen LogP contribution in [-0.2, 0) is 27.3 Å². The van der Waals surface area contributed by atoms with Gasteiger partial charge >= 0.3 is 5.97 Å². The molecule has 0 saturated carbocycles. The zero-order valence-electron chi connectivity index (χ0n) is 18.6. The summed E-state index contributed by atoms with van der Waals surface area (Å²) in [6.07, 6.45) is 10.6. The maximum atomic E-state index is 12.2. The summed E-state index contributed by atoms with van der Waals surface area (Å²) in [5, 5.41) is 0. The van der Waals surface area contributed by atoms with Crippen LogP contribution in [0.2, 0.25) is 0 Å². The van der Waals surface area contributed by atoms with Gasteiger partial charge in [0.25, 0.3) is 0 Å². The lowest BCUT2D eigenvalue weighted by atomic mass is 10.0. The third-order valence-corrected chi connectivity index (χ3v) is 5.38. The summed E-state index contributed by atoms with van der Waals surface area (Å²) >= 11 is 0. The zero-order valence-corrected chi connectivity index (χ0v) is 18.6. The topological polar surface area (TPSA) is 35.5 Å². The predicted octanol–water partition coefficient (Wildman–Crippen LogP) is 6.89. The highest BCUT2D eigenvalue weighted by molar-refractivity contribution is 5.69. The van der Waals surface area contributed by atoms with Crippen molar-refractivity contribution in [2.75, 3.05) is 6.61 Å².